The number of Topliss-reactive ketones (excluding diaryl/α,β-unsaturated/α-hetero) is 1. The summed E-state index contributed by atoms with van der Waals surface area (Å²) in [6, 6.07) is 0.617. The fraction of sp³-hybridized carbons (Fsp3) is 0.688. The van der Waals surface area contributed by atoms with Gasteiger partial charge in [0.1, 0.15) is 0 Å². The first-order valence-corrected chi connectivity index (χ1v) is 8.84. The van der Waals surface area contributed by atoms with Gasteiger partial charge in [-0.1, -0.05) is 6.92 Å². The zero-order valence-corrected chi connectivity index (χ0v) is 13.8. The van der Waals surface area contributed by atoms with Crippen LogP contribution in [-0.4, -0.2) is 36.4 Å². The molecule has 1 aromatic rings. The van der Waals surface area contributed by atoms with Crippen molar-refractivity contribution in [1.82, 2.24) is 4.90 Å². The average molecular weight is 307 g/mol. The van der Waals surface area contributed by atoms with E-state index in [-0.39, 0.29) is 5.78 Å². The molecule has 1 aromatic heterocycles. The first-order chi connectivity index (χ1) is 10.1. The van der Waals surface area contributed by atoms with Gasteiger partial charge >= 0.3 is 0 Å². The van der Waals surface area contributed by atoms with Crippen molar-refractivity contribution in [3.05, 3.63) is 10.4 Å². The second-order valence-electron chi connectivity index (χ2n) is 6.22. The molecule has 1 aliphatic heterocycles. The molecule has 0 spiro atoms. The monoisotopic (exact) mass is 307 g/mol. The van der Waals surface area contributed by atoms with Crippen LogP contribution in [0.25, 0.3) is 0 Å². The standard InChI is InChI=1S/C16H25N3OS/c1-3-19-8-4-5-12(19)9-18-16-13(11-6-7-11)14(17)15(21-16)10(2)20/h11-12,18H,3-9,17H2,1-2H3. The fourth-order valence-corrected chi connectivity index (χ4v) is 4.49. The molecule has 3 N–H and O–H groups in total. The largest absolute Gasteiger partial charge is 0.397 e. The minimum Gasteiger partial charge on any atom is -0.397 e. The van der Waals surface area contributed by atoms with Crippen LogP contribution in [0.2, 0.25) is 0 Å². The zero-order valence-electron chi connectivity index (χ0n) is 12.9. The predicted octanol–water partition coefficient (Wildman–Crippen LogP) is 3.31. The Labute approximate surface area is 130 Å². The third-order valence-corrected chi connectivity index (χ3v) is 5.97. The molecule has 116 valence electrons. The van der Waals surface area contributed by atoms with Gasteiger partial charge in [0, 0.05) is 25.1 Å². The minimum absolute atomic E-state index is 0.0866. The van der Waals surface area contributed by atoms with Gasteiger partial charge in [-0.25, -0.2) is 0 Å². The van der Waals surface area contributed by atoms with E-state index in [9.17, 15) is 4.79 Å². The molecule has 0 amide bonds. The maximum absolute atomic E-state index is 11.7. The quantitative estimate of drug-likeness (QED) is 0.792. The summed E-state index contributed by atoms with van der Waals surface area (Å²) in [7, 11) is 0. The molecule has 1 unspecified atom stereocenters. The Bertz CT molecular complexity index is 536. The molecule has 5 heteroatoms. The number of rotatable bonds is 6. The molecular formula is C16H25N3OS. The number of carbonyl (C=O) groups is 1. The third-order valence-electron chi connectivity index (χ3n) is 4.69. The van der Waals surface area contributed by atoms with Crippen molar-refractivity contribution >= 4 is 27.8 Å². The van der Waals surface area contributed by atoms with Crippen LogP contribution in [-0.2, 0) is 0 Å². The maximum Gasteiger partial charge on any atom is 0.171 e. The van der Waals surface area contributed by atoms with Gasteiger partial charge in [-0.05, 0) is 44.7 Å². The number of carbonyl (C=O) groups excluding carboxylic acids is 1. The van der Waals surface area contributed by atoms with Gasteiger partial charge in [-0.2, -0.15) is 0 Å². The van der Waals surface area contributed by atoms with Gasteiger partial charge in [0.15, 0.2) is 5.78 Å². The Balaban J connectivity index is 1.75. The molecule has 1 saturated carbocycles. The first kappa shape index (κ1) is 14.9. The van der Waals surface area contributed by atoms with Crippen LogP contribution < -0.4 is 11.1 Å². The lowest BCUT2D eigenvalue weighted by Gasteiger charge is -2.23. The SMILES string of the molecule is CCN1CCCC1CNc1sc(C(C)=O)c(N)c1C1CC1. The maximum atomic E-state index is 11.7. The van der Waals surface area contributed by atoms with E-state index >= 15 is 0 Å². The van der Waals surface area contributed by atoms with Crippen molar-refractivity contribution in [2.24, 2.45) is 0 Å². The van der Waals surface area contributed by atoms with Gasteiger partial charge in [0.25, 0.3) is 0 Å². The molecule has 0 bridgehead atoms. The number of nitrogens with zero attached hydrogens (tertiary/aromatic N) is 1. The van der Waals surface area contributed by atoms with E-state index in [4.69, 9.17) is 5.73 Å². The van der Waals surface area contributed by atoms with Crippen LogP contribution in [0.4, 0.5) is 10.7 Å². The molecule has 1 atom stereocenters. The normalized spacial score (nSPS) is 22.7. The van der Waals surface area contributed by atoms with E-state index < -0.39 is 0 Å². The molecule has 1 saturated heterocycles. The van der Waals surface area contributed by atoms with E-state index in [1.807, 2.05) is 0 Å². The number of nitrogens with two attached hydrogens (primary N) is 1. The fourth-order valence-electron chi connectivity index (χ4n) is 3.38. The van der Waals surface area contributed by atoms with E-state index in [1.54, 1.807) is 18.3 Å². The van der Waals surface area contributed by atoms with Gasteiger partial charge in [0.05, 0.1) is 15.6 Å². The van der Waals surface area contributed by atoms with Gasteiger partial charge < -0.3 is 11.1 Å². The number of hydrogen-bond acceptors (Lipinski definition) is 5. The van der Waals surface area contributed by atoms with E-state index in [0.29, 0.717) is 12.0 Å². The number of likely N-dealkylation sites (N-methyl/N-ethyl adjacent to an activating group) is 1. The van der Waals surface area contributed by atoms with Crippen LogP contribution in [0.1, 0.15) is 60.7 Å². The van der Waals surface area contributed by atoms with Gasteiger partial charge in [-0.3, -0.25) is 9.69 Å². The third kappa shape index (κ3) is 2.94. The summed E-state index contributed by atoms with van der Waals surface area (Å²) in [6.07, 6.45) is 4.97. The van der Waals surface area contributed by atoms with Crippen molar-refractivity contribution in [2.45, 2.75) is 51.5 Å². The number of thiophene rings is 1. The smallest absolute Gasteiger partial charge is 0.171 e. The van der Waals surface area contributed by atoms with Crippen LogP contribution in [0.3, 0.4) is 0 Å². The lowest BCUT2D eigenvalue weighted by atomic mass is 10.1. The number of nitrogen functional groups attached to an aromatic ring is 1. The van der Waals surface area contributed by atoms with Crippen LogP contribution in [0, 0.1) is 0 Å². The Hall–Kier alpha value is -1.07. The minimum atomic E-state index is 0.0866. The summed E-state index contributed by atoms with van der Waals surface area (Å²) in [5, 5.41) is 4.74. The Morgan fingerprint density at radius 3 is 2.81 bits per heavy atom. The number of nitrogens with one attached hydrogen (secondary N) is 1. The zero-order chi connectivity index (χ0) is 15.0. The summed E-state index contributed by atoms with van der Waals surface area (Å²) in [5.41, 5.74) is 8.17. The molecule has 2 aliphatic rings. The summed E-state index contributed by atoms with van der Waals surface area (Å²) < 4.78 is 0. The van der Waals surface area contributed by atoms with Crippen molar-refractivity contribution in [3.8, 4) is 0 Å². The van der Waals surface area contributed by atoms with Crippen molar-refractivity contribution in [1.29, 1.82) is 0 Å². The summed E-state index contributed by atoms with van der Waals surface area (Å²) in [5.74, 6) is 0.659. The molecule has 4 nitrogen and oxygen atoms in total. The lowest BCUT2D eigenvalue weighted by Crippen LogP contribution is -2.34. The number of likely N-dealkylation sites (tertiary alicyclic amines) is 1. The van der Waals surface area contributed by atoms with Crippen molar-refractivity contribution < 1.29 is 4.79 Å². The highest BCUT2D eigenvalue weighted by Gasteiger charge is 2.32. The first-order valence-electron chi connectivity index (χ1n) is 8.02. The van der Waals surface area contributed by atoms with Crippen molar-refractivity contribution in [2.75, 3.05) is 30.7 Å². The second-order valence-corrected chi connectivity index (χ2v) is 7.24. The Kier molecular flexibility index (Phi) is 4.22. The molecular weight excluding hydrogens is 282 g/mol. The lowest BCUT2D eigenvalue weighted by molar-refractivity contribution is 0.102. The molecule has 0 radical (unpaired) electrons. The topological polar surface area (TPSA) is 58.4 Å². The molecule has 2 fully saturated rings. The average Bonchev–Trinajstić information content (AvgIpc) is 3.08. The van der Waals surface area contributed by atoms with E-state index in [2.05, 4.69) is 17.1 Å². The van der Waals surface area contributed by atoms with Gasteiger partial charge in [0.2, 0.25) is 0 Å². The predicted molar refractivity (Wildman–Crippen MR) is 89.5 cm³/mol. The van der Waals surface area contributed by atoms with Crippen LogP contribution >= 0.6 is 11.3 Å². The molecule has 2 heterocycles. The Morgan fingerprint density at radius 1 is 1.43 bits per heavy atom. The summed E-state index contributed by atoms with van der Waals surface area (Å²) >= 11 is 1.55. The van der Waals surface area contributed by atoms with E-state index in [0.717, 1.165) is 28.7 Å². The van der Waals surface area contributed by atoms with E-state index in [1.165, 1.54) is 37.8 Å². The number of ketones is 1. The van der Waals surface area contributed by atoms with Crippen molar-refractivity contribution in [3.63, 3.8) is 0 Å². The van der Waals surface area contributed by atoms with Crippen LogP contribution in [0.15, 0.2) is 0 Å². The Morgan fingerprint density at radius 2 is 2.19 bits per heavy atom. The molecule has 1 aliphatic carbocycles. The summed E-state index contributed by atoms with van der Waals surface area (Å²) in [6.45, 7) is 7.13. The van der Waals surface area contributed by atoms with Gasteiger partial charge in [-0.15, -0.1) is 11.3 Å². The molecule has 0 aromatic carbocycles. The highest BCUT2D eigenvalue weighted by molar-refractivity contribution is 7.18. The van der Waals surface area contributed by atoms with Crippen LogP contribution in [0.5, 0.6) is 0 Å². The highest BCUT2D eigenvalue weighted by Crippen LogP contribution is 2.50. The second kappa shape index (κ2) is 5.97. The number of hydrogen-bond donors (Lipinski definition) is 2. The number of anilines is 2. The molecule has 3 rings (SSSR count). The summed E-state index contributed by atoms with van der Waals surface area (Å²) in [4.78, 5) is 15.0. The highest BCUT2D eigenvalue weighted by atomic mass is 32.1. The molecule has 21 heavy (non-hydrogen) atoms.